The average molecular weight is 280 g/mol. The van der Waals surface area contributed by atoms with E-state index in [1.807, 2.05) is 24.3 Å². The van der Waals surface area contributed by atoms with E-state index in [2.05, 4.69) is 11.2 Å². The number of hydrogen-bond donors (Lipinski definition) is 1. The monoisotopic (exact) mass is 280 g/mol. The van der Waals surface area contributed by atoms with E-state index < -0.39 is 0 Å². The Kier molecular flexibility index (Phi) is 4.57. The molecule has 1 heterocycles. The lowest BCUT2D eigenvalue weighted by molar-refractivity contribution is -0.118. The van der Waals surface area contributed by atoms with Gasteiger partial charge in [-0.15, -0.1) is 6.42 Å². The van der Waals surface area contributed by atoms with E-state index in [0.29, 0.717) is 13.0 Å². The van der Waals surface area contributed by atoms with Crippen LogP contribution in [0.5, 0.6) is 0 Å². The van der Waals surface area contributed by atoms with Crippen LogP contribution in [0.1, 0.15) is 17.3 Å². The summed E-state index contributed by atoms with van der Waals surface area (Å²) in [7, 11) is 0. The predicted molar refractivity (Wildman–Crippen MR) is 82.9 cm³/mol. The van der Waals surface area contributed by atoms with E-state index in [1.165, 1.54) is 19.1 Å². The summed E-state index contributed by atoms with van der Waals surface area (Å²) in [5.74, 6) is 2.06. The number of carbonyl (C=O) groups excluding carboxylic acids is 2. The standard InChI is InChI=1S/C17H16N2O2/c1-3-4-9-17(21)19-12-14(10-11-18-13(2)20)15-7-5-6-8-16(15)19/h1,4-9,12H,10-11H2,2H3,(H,18,20)/b9-4-. The van der Waals surface area contributed by atoms with Crippen LogP contribution in [-0.4, -0.2) is 22.9 Å². The van der Waals surface area contributed by atoms with Crippen LogP contribution in [0.2, 0.25) is 0 Å². The van der Waals surface area contributed by atoms with Crippen LogP contribution in [0.4, 0.5) is 0 Å². The molecule has 0 unspecified atom stereocenters. The van der Waals surface area contributed by atoms with Gasteiger partial charge in [-0.25, -0.2) is 0 Å². The fourth-order valence-electron chi connectivity index (χ4n) is 2.20. The second-order valence-corrected chi connectivity index (χ2v) is 4.61. The van der Waals surface area contributed by atoms with Crippen LogP contribution < -0.4 is 5.32 Å². The number of nitrogens with one attached hydrogen (secondary N) is 1. The molecule has 2 aromatic rings. The normalized spacial score (nSPS) is 10.7. The van der Waals surface area contributed by atoms with Crippen molar-refractivity contribution in [3.8, 4) is 12.3 Å². The molecule has 1 amide bonds. The van der Waals surface area contributed by atoms with Gasteiger partial charge in [0.05, 0.1) is 5.52 Å². The summed E-state index contributed by atoms with van der Waals surface area (Å²) in [5, 5.41) is 3.76. The highest BCUT2D eigenvalue weighted by molar-refractivity contribution is 5.99. The Balaban J connectivity index is 2.35. The van der Waals surface area contributed by atoms with Crippen molar-refractivity contribution in [2.75, 3.05) is 6.54 Å². The zero-order valence-electron chi connectivity index (χ0n) is 11.8. The van der Waals surface area contributed by atoms with Crippen LogP contribution in [0.15, 0.2) is 42.6 Å². The highest BCUT2D eigenvalue weighted by atomic mass is 16.2. The minimum atomic E-state index is -0.185. The number of terminal acetylenes is 1. The number of rotatable bonds is 4. The zero-order chi connectivity index (χ0) is 15.2. The topological polar surface area (TPSA) is 51.1 Å². The zero-order valence-corrected chi connectivity index (χ0v) is 11.8. The predicted octanol–water partition coefficient (Wildman–Crippen LogP) is 2.15. The molecular formula is C17H16N2O2. The summed E-state index contributed by atoms with van der Waals surface area (Å²) in [5.41, 5.74) is 1.85. The summed E-state index contributed by atoms with van der Waals surface area (Å²) in [6, 6.07) is 7.66. The number of carbonyl (C=O) groups is 2. The third kappa shape index (κ3) is 3.40. The highest BCUT2D eigenvalue weighted by Crippen LogP contribution is 2.21. The van der Waals surface area contributed by atoms with E-state index in [9.17, 15) is 9.59 Å². The van der Waals surface area contributed by atoms with Crippen LogP contribution in [0.25, 0.3) is 10.9 Å². The molecule has 0 saturated carbocycles. The van der Waals surface area contributed by atoms with Crippen molar-refractivity contribution in [2.24, 2.45) is 0 Å². The molecule has 21 heavy (non-hydrogen) atoms. The Bertz CT molecular complexity index is 748. The smallest absolute Gasteiger partial charge is 0.255 e. The van der Waals surface area contributed by atoms with E-state index in [0.717, 1.165) is 16.5 Å². The molecule has 1 aromatic heterocycles. The van der Waals surface area contributed by atoms with Gasteiger partial charge in [-0.1, -0.05) is 24.1 Å². The molecule has 0 atom stereocenters. The van der Waals surface area contributed by atoms with E-state index >= 15 is 0 Å². The first kappa shape index (κ1) is 14.6. The summed E-state index contributed by atoms with van der Waals surface area (Å²) in [6.07, 6.45) is 10.3. The molecule has 0 saturated heterocycles. The molecule has 0 fully saturated rings. The van der Waals surface area contributed by atoms with Crippen LogP contribution >= 0.6 is 0 Å². The lowest BCUT2D eigenvalue weighted by atomic mass is 10.1. The van der Waals surface area contributed by atoms with Gasteiger partial charge >= 0.3 is 0 Å². The lowest BCUT2D eigenvalue weighted by Gasteiger charge is -2.00. The number of benzene rings is 1. The number of para-hydroxylation sites is 1. The lowest BCUT2D eigenvalue weighted by Crippen LogP contribution is -2.22. The first-order chi connectivity index (χ1) is 10.1. The Morgan fingerprint density at radius 3 is 2.86 bits per heavy atom. The van der Waals surface area contributed by atoms with Gasteiger partial charge < -0.3 is 5.32 Å². The van der Waals surface area contributed by atoms with Gasteiger partial charge in [0, 0.05) is 31.1 Å². The minimum absolute atomic E-state index is 0.0632. The van der Waals surface area contributed by atoms with Gasteiger partial charge in [0.1, 0.15) is 0 Å². The van der Waals surface area contributed by atoms with Crippen molar-refractivity contribution in [3.05, 3.63) is 48.2 Å². The van der Waals surface area contributed by atoms with Gasteiger partial charge in [0.25, 0.3) is 5.91 Å². The van der Waals surface area contributed by atoms with Crippen molar-refractivity contribution in [1.82, 2.24) is 9.88 Å². The fraction of sp³-hybridized carbons (Fsp3) is 0.176. The van der Waals surface area contributed by atoms with Crippen molar-refractivity contribution in [1.29, 1.82) is 0 Å². The fourth-order valence-corrected chi connectivity index (χ4v) is 2.20. The van der Waals surface area contributed by atoms with Gasteiger partial charge in [-0.05, 0) is 24.1 Å². The minimum Gasteiger partial charge on any atom is -0.356 e. The van der Waals surface area contributed by atoms with Crippen LogP contribution in [0.3, 0.4) is 0 Å². The first-order valence-corrected chi connectivity index (χ1v) is 6.64. The summed E-state index contributed by atoms with van der Waals surface area (Å²) in [6.45, 7) is 2.02. The SMILES string of the molecule is C#C/C=C\C(=O)n1cc(CCNC(C)=O)c2ccccc21. The third-order valence-electron chi connectivity index (χ3n) is 3.12. The molecule has 106 valence electrons. The number of amides is 1. The third-order valence-corrected chi connectivity index (χ3v) is 3.12. The maximum atomic E-state index is 12.1. The van der Waals surface area contributed by atoms with Crippen molar-refractivity contribution in [2.45, 2.75) is 13.3 Å². The van der Waals surface area contributed by atoms with Gasteiger partial charge in [-0.3, -0.25) is 14.2 Å². The quantitative estimate of drug-likeness (QED) is 0.689. The van der Waals surface area contributed by atoms with Crippen molar-refractivity contribution < 1.29 is 9.59 Å². The van der Waals surface area contributed by atoms with Crippen molar-refractivity contribution in [3.63, 3.8) is 0 Å². The molecule has 0 aliphatic carbocycles. The van der Waals surface area contributed by atoms with E-state index in [-0.39, 0.29) is 11.8 Å². The molecule has 0 aliphatic heterocycles. The largest absolute Gasteiger partial charge is 0.356 e. The Hall–Kier alpha value is -2.80. The maximum absolute atomic E-state index is 12.1. The number of fused-ring (bicyclic) bond motifs is 1. The van der Waals surface area contributed by atoms with Gasteiger partial charge in [0.15, 0.2) is 0 Å². The molecule has 2 rings (SSSR count). The number of nitrogens with zero attached hydrogens (tertiary/aromatic N) is 1. The van der Waals surface area contributed by atoms with Gasteiger partial charge in [0.2, 0.25) is 5.91 Å². The first-order valence-electron chi connectivity index (χ1n) is 6.64. The molecule has 4 nitrogen and oxygen atoms in total. The summed E-state index contributed by atoms with van der Waals surface area (Å²) < 4.78 is 1.58. The molecule has 0 bridgehead atoms. The Labute approximate surface area is 123 Å². The molecule has 1 N–H and O–H groups in total. The van der Waals surface area contributed by atoms with Crippen molar-refractivity contribution >= 4 is 22.7 Å². The number of aromatic nitrogens is 1. The Morgan fingerprint density at radius 1 is 1.38 bits per heavy atom. The number of allylic oxidation sites excluding steroid dienone is 2. The van der Waals surface area contributed by atoms with E-state index in [1.54, 1.807) is 10.8 Å². The van der Waals surface area contributed by atoms with Crippen LogP contribution in [-0.2, 0) is 11.2 Å². The highest BCUT2D eigenvalue weighted by Gasteiger charge is 2.11. The Morgan fingerprint density at radius 2 is 2.14 bits per heavy atom. The number of hydrogen-bond acceptors (Lipinski definition) is 2. The summed E-state index contributed by atoms with van der Waals surface area (Å²) in [4.78, 5) is 23.1. The second kappa shape index (κ2) is 6.58. The molecule has 4 heteroatoms. The average Bonchev–Trinajstić information content (AvgIpc) is 2.84. The summed E-state index contributed by atoms with van der Waals surface area (Å²) >= 11 is 0. The second-order valence-electron chi connectivity index (χ2n) is 4.61. The molecule has 0 spiro atoms. The molecular weight excluding hydrogens is 264 g/mol. The maximum Gasteiger partial charge on any atom is 0.255 e. The van der Waals surface area contributed by atoms with Crippen LogP contribution in [0, 0.1) is 12.3 Å². The molecule has 0 aliphatic rings. The van der Waals surface area contributed by atoms with Gasteiger partial charge in [-0.2, -0.15) is 0 Å². The molecule has 0 radical (unpaired) electrons. The van der Waals surface area contributed by atoms with E-state index in [4.69, 9.17) is 6.42 Å². The molecule has 1 aromatic carbocycles.